The topological polar surface area (TPSA) is 67.0 Å². The van der Waals surface area contributed by atoms with Gasteiger partial charge in [-0.15, -0.1) is 0 Å². The highest BCUT2D eigenvalue weighted by molar-refractivity contribution is 5.99. The minimum absolute atomic E-state index is 0.117. The first kappa shape index (κ1) is 25.8. The average Bonchev–Trinajstić information content (AvgIpc) is 3.21. The Balaban J connectivity index is 1.39. The lowest BCUT2D eigenvalue weighted by Crippen LogP contribution is -2.26. The fourth-order valence-electron chi connectivity index (χ4n) is 5.18. The molecule has 1 amide bonds. The predicted octanol–water partition coefficient (Wildman–Crippen LogP) is 7.34. The highest BCUT2D eigenvalue weighted by atomic mass is 16.5. The smallest absolute Gasteiger partial charge is 0.251 e. The van der Waals surface area contributed by atoms with Crippen molar-refractivity contribution >= 4 is 16.8 Å². The third-order valence-corrected chi connectivity index (χ3v) is 7.51. The molecular formula is C34H31N3O2. The Bertz CT molecular complexity index is 1710. The van der Waals surface area contributed by atoms with E-state index in [1.165, 1.54) is 11.3 Å². The number of hydrogen-bond acceptors (Lipinski definition) is 3. The lowest BCUT2D eigenvalue weighted by molar-refractivity contribution is 0.0939. The number of methoxy groups -OCH3 is 1. The summed E-state index contributed by atoms with van der Waals surface area (Å²) in [4.78, 5) is 13.2. The van der Waals surface area contributed by atoms with Gasteiger partial charge in [0.15, 0.2) is 0 Å². The van der Waals surface area contributed by atoms with Crippen LogP contribution in [-0.4, -0.2) is 17.6 Å². The third-order valence-electron chi connectivity index (χ3n) is 7.51. The van der Waals surface area contributed by atoms with Gasteiger partial charge in [0.2, 0.25) is 0 Å². The van der Waals surface area contributed by atoms with Gasteiger partial charge in [0.25, 0.3) is 5.91 Å². The Morgan fingerprint density at radius 2 is 1.69 bits per heavy atom. The van der Waals surface area contributed by atoms with Crippen LogP contribution in [0.2, 0.25) is 0 Å². The van der Waals surface area contributed by atoms with Crippen LogP contribution < -0.4 is 10.1 Å². The van der Waals surface area contributed by atoms with Crippen LogP contribution in [0.3, 0.4) is 0 Å². The van der Waals surface area contributed by atoms with Crippen LogP contribution in [-0.2, 0) is 6.54 Å². The summed E-state index contributed by atoms with van der Waals surface area (Å²) in [7, 11) is 1.64. The second-order valence-electron chi connectivity index (χ2n) is 9.82. The van der Waals surface area contributed by atoms with Crippen molar-refractivity contribution < 1.29 is 9.53 Å². The summed E-state index contributed by atoms with van der Waals surface area (Å²) < 4.78 is 7.76. The van der Waals surface area contributed by atoms with E-state index in [0.29, 0.717) is 17.7 Å². The number of carbonyl (C=O) groups excluding carboxylic acids is 1. The van der Waals surface area contributed by atoms with E-state index in [1.807, 2.05) is 73.7 Å². The Hall–Kier alpha value is -4.82. The number of nitrogens with one attached hydrogen (secondary N) is 1. The molecule has 1 atom stereocenters. The first-order chi connectivity index (χ1) is 18.9. The molecule has 39 heavy (non-hydrogen) atoms. The number of benzene rings is 4. The van der Waals surface area contributed by atoms with Gasteiger partial charge >= 0.3 is 0 Å². The summed E-state index contributed by atoms with van der Waals surface area (Å²) in [5.41, 5.74) is 8.81. The predicted molar refractivity (Wildman–Crippen MR) is 156 cm³/mol. The number of para-hydroxylation sites is 1. The van der Waals surface area contributed by atoms with E-state index < -0.39 is 0 Å². The first-order valence-corrected chi connectivity index (χ1v) is 13.0. The molecule has 5 nitrogen and oxygen atoms in total. The zero-order chi connectivity index (χ0) is 27.5. The minimum Gasteiger partial charge on any atom is -0.496 e. The lowest BCUT2D eigenvalue weighted by atomic mass is 9.99. The second kappa shape index (κ2) is 10.9. The Kier molecular flexibility index (Phi) is 7.21. The number of amides is 1. The van der Waals surface area contributed by atoms with Crippen LogP contribution in [0.5, 0.6) is 5.75 Å². The van der Waals surface area contributed by atoms with Crippen LogP contribution in [0, 0.1) is 25.2 Å². The van der Waals surface area contributed by atoms with Crippen molar-refractivity contribution in [3.8, 4) is 22.9 Å². The molecule has 5 heteroatoms. The standard InChI is InChI=1S/C34H31N3O2/c1-22-24(3)37(21-25-13-15-26(16-14-25)30-11-6-5-9-28(30)20-35)32-18-17-27(19-31(22)32)34(38)36-23(2)29-10-7-8-12-33(29)39-4/h5-19,23H,21H2,1-4H3,(H,36,38). The van der Waals surface area contributed by atoms with Crippen LogP contribution in [0.15, 0.2) is 91.0 Å². The summed E-state index contributed by atoms with van der Waals surface area (Å²) >= 11 is 0. The molecule has 0 aliphatic rings. The number of ether oxygens (including phenoxy) is 1. The number of nitriles is 1. The molecule has 0 aliphatic carbocycles. The number of aromatic nitrogens is 1. The van der Waals surface area contributed by atoms with Gasteiger partial charge in [-0.1, -0.05) is 60.7 Å². The number of rotatable bonds is 7. The van der Waals surface area contributed by atoms with Gasteiger partial charge in [-0.3, -0.25) is 4.79 Å². The van der Waals surface area contributed by atoms with Crippen LogP contribution in [0.4, 0.5) is 0 Å². The molecule has 0 radical (unpaired) electrons. The number of fused-ring (bicyclic) bond motifs is 1. The quantitative estimate of drug-likeness (QED) is 0.247. The van der Waals surface area contributed by atoms with E-state index in [4.69, 9.17) is 4.74 Å². The van der Waals surface area contributed by atoms with E-state index in [2.05, 4.69) is 54.1 Å². The molecule has 1 aromatic heterocycles. The lowest BCUT2D eigenvalue weighted by Gasteiger charge is -2.17. The normalized spacial score (nSPS) is 11.7. The Morgan fingerprint density at radius 3 is 2.44 bits per heavy atom. The molecular weight excluding hydrogens is 482 g/mol. The minimum atomic E-state index is -0.195. The molecule has 0 saturated carbocycles. The maximum Gasteiger partial charge on any atom is 0.251 e. The highest BCUT2D eigenvalue weighted by Gasteiger charge is 2.18. The Morgan fingerprint density at radius 1 is 0.974 bits per heavy atom. The molecule has 1 N–H and O–H groups in total. The van der Waals surface area contributed by atoms with Crippen LogP contribution in [0.1, 0.15) is 51.3 Å². The molecule has 1 heterocycles. The maximum atomic E-state index is 13.2. The third kappa shape index (κ3) is 5.02. The zero-order valence-electron chi connectivity index (χ0n) is 22.7. The average molecular weight is 514 g/mol. The van der Waals surface area contributed by atoms with Crippen molar-refractivity contribution in [2.75, 3.05) is 7.11 Å². The molecule has 0 bridgehead atoms. The van der Waals surface area contributed by atoms with E-state index in [1.54, 1.807) is 7.11 Å². The largest absolute Gasteiger partial charge is 0.496 e. The van der Waals surface area contributed by atoms with E-state index >= 15 is 0 Å². The zero-order valence-corrected chi connectivity index (χ0v) is 22.7. The van der Waals surface area contributed by atoms with E-state index in [-0.39, 0.29) is 11.9 Å². The van der Waals surface area contributed by atoms with Gasteiger partial charge in [-0.25, -0.2) is 0 Å². The SMILES string of the molecule is COc1ccccc1C(C)NC(=O)c1ccc2c(c1)c(C)c(C)n2Cc1ccc(-c2ccccc2C#N)cc1. The van der Waals surface area contributed by atoms with Crippen molar-refractivity contribution in [2.45, 2.75) is 33.4 Å². The molecule has 194 valence electrons. The summed E-state index contributed by atoms with van der Waals surface area (Å²) in [6.45, 7) is 6.91. The van der Waals surface area contributed by atoms with Gasteiger partial charge in [-0.2, -0.15) is 5.26 Å². The number of nitrogens with zero attached hydrogens (tertiary/aromatic N) is 2. The fourth-order valence-corrected chi connectivity index (χ4v) is 5.18. The first-order valence-electron chi connectivity index (χ1n) is 13.0. The molecule has 0 saturated heterocycles. The van der Waals surface area contributed by atoms with Gasteiger partial charge in [0, 0.05) is 34.3 Å². The highest BCUT2D eigenvalue weighted by Crippen LogP contribution is 2.29. The van der Waals surface area contributed by atoms with Crippen molar-refractivity contribution in [3.05, 3.63) is 125 Å². The molecule has 5 aromatic rings. The fraction of sp³-hybridized carbons (Fsp3) is 0.176. The number of hydrogen-bond donors (Lipinski definition) is 1. The van der Waals surface area contributed by atoms with Gasteiger partial charge in [0.1, 0.15) is 5.75 Å². The summed E-state index contributed by atoms with van der Waals surface area (Å²) in [6, 6.07) is 31.8. The van der Waals surface area contributed by atoms with Gasteiger partial charge in [-0.05, 0) is 73.4 Å². The number of aryl methyl sites for hydroxylation is 1. The molecule has 0 spiro atoms. The van der Waals surface area contributed by atoms with E-state index in [9.17, 15) is 10.1 Å². The van der Waals surface area contributed by atoms with Crippen LogP contribution in [0.25, 0.3) is 22.0 Å². The van der Waals surface area contributed by atoms with Crippen molar-refractivity contribution in [1.82, 2.24) is 9.88 Å². The molecule has 0 aliphatic heterocycles. The van der Waals surface area contributed by atoms with E-state index in [0.717, 1.165) is 38.9 Å². The van der Waals surface area contributed by atoms with Crippen molar-refractivity contribution in [2.24, 2.45) is 0 Å². The van der Waals surface area contributed by atoms with Gasteiger partial charge in [0.05, 0.1) is 24.8 Å². The molecule has 0 fully saturated rings. The van der Waals surface area contributed by atoms with Gasteiger partial charge < -0.3 is 14.6 Å². The molecule has 4 aromatic carbocycles. The van der Waals surface area contributed by atoms with Crippen molar-refractivity contribution in [3.63, 3.8) is 0 Å². The molecule has 5 rings (SSSR count). The molecule has 1 unspecified atom stereocenters. The summed E-state index contributed by atoms with van der Waals surface area (Å²) in [5, 5.41) is 13.6. The second-order valence-corrected chi connectivity index (χ2v) is 9.82. The van der Waals surface area contributed by atoms with Crippen molar-refractivity contribution in [1.29, 1.82) is 5.26 Å². The summed E-state index contributed by atoms with van der Waals surface area (Å²) in [5.74, 6) is 0.639. The maximum absolute atomic E-state index is 13.2. The Labute approximate surface area is 229 Å². The monoisotopic (exact) mass is 513 g/mol. The summed E-state index contributed by atoms with van der Waals surface area (Å²) in [6.07, 6.45) is 0. The van der Waals surface area contributed by atoms with Crippen LogP contribution >= 0.6 is 0 Å². The number of carbonyl (C=O) groups is 1.